The average molecular weight is 359 g/mol. The third kappa shape index (κ3) is 5.40. The molecule has 1 N–H and O–H groups in total. The summed E-state index contributed by atoms with van der Waals surface area (Å²) in [4.78, 5) is 26.3. The highest BCUT2D eigenvalue weighted by atomic mass is 35.5. The predicted molar refractivity (Wildman–Crippen MR) is 94.7 cm³/mol. The van der Waals surface area contributed by atoms with Crippen LogP contribution in [0.3, 0.4) is 0 Å². The number of hydrogen-bond acceptors (Lipinski definition) is 2. The van der Waals surface area contributed by atoms with Crippen molar-refractivity contribution >= 4 is 35.0 Å². The Labute approximate surface area is 148 Å². The molecular weight excluding hydrogens is 335 g/mol. The van der Waals surface area contributed by atoms with Crippen LogP contribution in [0.1, 0.15) is 45.6 Å². The van der Waals surface area contributed by atoms with Crippen molar-refractivity contribution in [3.8, 4) is 0 Å². The molecule has 6 heteroatoms. The summed E-state index contributed by atoms with van der Waals surface area (Å²) in [6.07, 6.45) is 1.70. The van der Waals surface area contributed by atoms with E-state index in [1.807, 2.05) is 13.8 Å². The summed E-state index contributed by atoms with van der Waals surface area (Å²) in [7, 11) is 0. The van der Waals surface area contributed by atoms with E-state index in [0.717, 1.165) is 6.42 Å². The highest BCUT2D eigenvalue weighted by molar-refractivity contribution is 6.36. The number of carbonyl (C=O) groups is 2. The Morgan fingerprint density at radius 2 is 1.78 bits per heavy atom. The van der Waals surface area contributed by atoms with E-state index >= 15 is 0 Å². The van der Waals surface area contributed by atoms with E-state index < -0.39 is 6.04 Å². The number of hydrogen-bond donors (Lipinski definition) is 1. The van der Waals surface area contributed by atoms with Gasteiger partial charge in [-0.2, -0.15) is 0 Å². The predicted octanol–water partition coefficient (Wildman–Crippen LogP) is 4.04. The first-order valence-electron chi connectivity index (χ1n) is 7.96. The quantitative estimate of drug-likeness (QED) is 0.762. The first-order valence-corrected chi connectivity index (χ1v) is 8.71. The smallest absolute Gasteiger partial charge is 0.242 e. The third-order valence-electron chi connectivity index (χ3n) is 3.63. The normalized spacial score (nSPS) is 11.9. The molecule has 0 aliphatic rings. The van der Waals surface area contributed by atoms with Gasteiger partial charge in [0.25, 0.3) is 0 Å². The van der Waals surface area contributed by atoms with Gasteiger partial charge >= 0.3 is 0 Å². The fourth-order valence-corrected chi connectivity index (χ4v) is 2.86. The molecule has 0 unspecified atom stereocenters. The van der Waals surface area contributed by atoms with Crippen LogP contribution < -0.4 is 5.32 Å². The topological polar surface area (TPSA) is 49.4 Å². The highest BCUT2D eigenvalue weighted by Gasteiger charge is 2.28. The zero-order valence-corrected chi connectivity index (χ0v) is 15.4. The summed E-state index contributed by atoms with van der Waals surface area (Å²) in [6, 6.07) is 4.69. The van der Waals surface area contributed by atoms with E-state index in [2.05, 4.69) is 5.32 Å². The molecule has 1 aromatic rings. The van der Waals surface area contributed by atoms with Gasteiger partial charge in [-0.1, -0.05) is 50.0 Å². The Bertz CT molecular complexity index is 529. The summed E-state index contributed by atoms with van der Waals surface area (Å²) in [5, 5.41) is 3.85. The maximum atomic E-state index is 12.4. The number of nitrogens with zero attached hydrogens (tertiary/aromatic N) is 1. The van der Waals surface area contributed by atoms with Crippen molar-refractivity contribution in [2.45, 2.75) is 52.6 Å². The van der Waals surface area contributed by atoms with Gasteiger partial charge in [0, 0.05) is 35.1 Å². The second kappa shape index (κ2) is 9.78. The van der Waals surface area contributed by atoms with Crippen molar-refractivity contribution in [1.82, 2.24) is 10.2 Å². The highest BCUT2D eigenvalue weighted by Crippen LogP contribution is 2.27. The first-order chi connectivity index (χ1) is 11.0. The van der Waals surface area contributed by atoms with E-state index in [4.69, 9.17) is 23.2 Å². The molecule has 1 rings (SSSR count). The summed E-state index contributed by atoms with van der Waals surface area (Å²) in [6.45, 7) is 6.47. The van der Waals surface area contributed by atoms with Gasteiger partial charge in [-0.3, -0.25) is 9.59 Å². The van der Waals surface area contributed by atoms with Crippen LogP contribution in [0.4, 0.5) is 0 Å². The molecule has 23 heavy (non-hydrogen) atoms. The molecule has 1 aromatic carbocycles. The van der Waals surface area contributed by atoms with Crippen LogP contribution in [0, 0.1) is 0 Å². The maximum absolute atomic E-state index is 12.4. The van der Waals surface area contributed by atoms with E-state index in [0.29, 0.717) is 35.0 Å². The molecule has 0 heterocycles. The van der Waals surface area contributed by atoms with Crippen molar-refractivity contribution in [3.05, 3.63) is 33.8 Å². The van der Waals surface area contributed by atoms with Crippen LogP contribution in [0.2, 0.25) is 10.0 Å². The van der Waals surface area contributed by atoms with Crippen molar-refractivity contribution in [1.29, 1.82) is 0 Å². The lowest BCUT2D eigenvalue weighted by atomic mass is 10.1. The minimum absolute atomic E-state index is 0.0977. The summed E-state index contributed by atoms with van der Waals surface area (Å²) >= 11 is 12.4. The standard InChI is InChI=1S/C17H24Cl2N2O2/c1-4-10-20-17(23)15(5-2)21(16(22)6-3)11-12-13(18)8-7-9-14(12)19/h7-9,15H,4-6,10-11H2,1-3H3,(H,20,23)/t15-/m1/s1. The van der Waals surface area contributed by atoms with Gasteiger partial charge in [0.2, 0.25) is 11.8 Å². The van der Waals surface area contributed by atoms with Gasteiger partial charge in [0.15, 0.2) is 0 Å². The van der Waals surface area contributed by atoms with Gasteiger partial charge < -0.3 is 10.2 Å². The molecule has 1 atom stereocenters. The van der Waals surface area contributed by atoms with Gasteiger partial charge in [-0.15, -0.1) is 0 Å². The molecule has 0 aliphatic carbocycles. The van der Waals surface area contributed by atoms with Crippen LogP contribution in [0.25, 0.3) is 0 Å². The molecular formula is C17H24Cl2N2O2. The van der Waals surface area contributed by atoms with E-state index in [1.165, 1.54) is 0 Å². The van der Waals surface area contributed by atoms with Crippen LogP contribution in [-0.4, -0.2) is 29.3 Å². The van der Waals surface area contributed by atoms with E-state index in [9.17, 15) is 9.59 Å². The molecule has 0 saturated heterocycles. The van der Waals surface area contributed by atoms with Crippen LogP contribution >= 0.6 is 23.2 Å². The van der Waals surface area contributed by atoms with Gasteiger partial charge in [-0.25, -0.2) is 0 Å². The Morgan fingerprint density at radius 1 is 1.17 bits per heavy atom. The second-order valence-electron chi connectivity index (χ2n) is 5.29. The number of amides is 2. The van der Waals surface area contributed by atoms with Gasteiger partial charge in [0.05, 0.1) is 0 Å². The van der Waals surface area contributed by atoms with Crippen molar-refractivity contribution < 1.29 is 9.59 Å². The summed E-state index contributed by atoms with van der Waals surface area (Å²) in [5.74, 6) is -0.237. The van der Waals surface area contributed by atoms with E-state index in [-0.39, 0.29) is 18.4 Å². The molecule has 0 saturated carbocycles. The largest absolute Gasteiger partial charge is 0.354 e. The minimum Gasteiger partial charge on any atom is -0.354 e. The Balaban J connectivity index is 3.08. The number of carbonyl (C=O) groups excluding carboxylic acids is 2. The lowest BCUT2D eigenvalue weighted by Crippen LogP contribution is -2.49. The maximum Gasteiger partial charge on any atom is 0.242 e. The van der Waals surface area contributed by atoms with Crippen molar-refractivity contribution in [2.75, 3.05) is 6.54 Å². The van der Waals surface area contributed by atoms with Crippen molar-refractivity contribution in [3.63, 3.8) is 0 Å². The number of rotatable bonds is 8. The van der Waals surface area contributed by atoms with Crippen LogP contribution in [0.15, 0.2) is 18.2 Å². The fraction of sp³-hybridized carbons (Fsp3) is 0.529. The third-order valence-corrected chi connectivity index (χ3v) is 4.34. The minimum atomic E-state index is -0.527. The molecule has 0 bridgehead atoms. The zero-order valence-electron chi connectivity index (χ0n) is 13.9. The monoisotopic (exact) mass is 358 g/mol. The molecule has 4 nitrogen and oxygen atoms in total. The molecule has 0 spiro atoms. The van der Waals surface area contributed by atoms with Gasteiger partial charge in [-0.05, 0) is 25.0 Å². The summed E-state index contributed by atoms with van der Waals surface area (Å²) < 4.78 is 0. The Kier molecular flexibility index (Phi) is 8.42. The zero-order chi connectivity index (χ0) is 17.4. The molecule has 2 amide bonds. The van der Waals surface area contributed by atoms with Gasteiger partial charge in [0.1, 0.15) is 6.04 Å². The number of benzene rings is 1. The number of nitrogens with one attached hydrogen (secondary N) is 1. The Morgan fingerprint density at radius 3 is 2.26 bits per heavy atom. The number of halogens is 2. The molecule has 0 aromatic heterocycles. The lowest BCUT2D eigenvalue weighted by molar-refractivity contribution is -0.141. The second-order valence-corrected chi connectivity index (χ2v) is 6.10. The van der Waals surface area contributed by atoms with Crippen LogP contribution in [-0.2, 0) is 16.1 Å². The molecule has 128 valence electrons. The average Bonchev–Trinajstić information content (AvgIpc) is 2.54. The molecule has 0 aliphatic heterocycles. The lowest BCUT2D eigenvalue weighted by Gasteiger charge is -2.31. The van der Waals surface area contributed by atoms with Crippen LogP contribution in [0.5, 0.6) is 0 Å². The first kappa shape index (κ1) is 19.8. The Hall–Kier alpha value is -1.26. The van der Waals surface area contributed by atoms with Crippen molar-refractivity contribution in [2.24, 2.45) is 0 Å². The molecule has 0 radical (unpaired) electrons. The fourth-order valence-electron chi connectivity index (χ4n) is 2.34. The summed E-state index contributed by atoms with van der Waals surface area (Å²) in [5.41, 5.74) is 0.666. The molecule has 0 fully saturated rings. The van der Waals surface area contributed by atoms with E-state index in [1.54, 1.807) is 30.0 Å². The SMILES string of the molecule is CCCNC(=O)[C@@H](CC)N(Cc1c(Cl)cccc1Cl)C(=O)CC.